The number of carbonyl (C=O) groups excluding carboxylic acids is 1. The highest BCUT2D eigenvalue weighted by molar-refractivity contribution is 6.00. The van der Waals surface area contributed by atoms with Crippen LogP contribution in [0.1, 0.15) is 41.6 Å². The van der Waals surface area contributed by atoms with Crippen molar-refractivity contribution in [2.24, 2.45) is 10.9 Å². The molecule has 114 valence electrons. The van der Waals surface area contributed by atoms with E-state index in [0.29, 0.717) is 12.8 Å². The molecule has 1 fully saturated rings. The van der Waals surface area contributed by atoms with Crippen molar-refractivity contribution in [1.29, 1.82) is 0 Å². The van der Waals surface area contributed by atoms with Crippen LogP contribution in [0.5, 0.6) is 0 Å². The van der Waals surface area contributed by atoms with Crippen LogP contribution in [0.15, 0.2) is 17.3 Å². The average Bonchev–Trinajstić information content (AvgIpc) is 2.92. The Balaban J connectivity index is 2.35. The minimum Gasteiger partial charge on any atom is -0.409 e. The van der Waals surface area contributed by atoms with E-state index >= 15 is 0 Å². The summed E-state index contributed by atoms with van der Waals surface area (Å²) in [5.41, 5.74) is 4.12. The lowest BCUT2D eigenvalue weighted by Gasteiger charge is -2.29. The number of amides is 1. The molecule has 0 spiro atoms. The van der Waals surface area contributed by atoms with E-state index in [1.165, 1.54) is 13.0 Å². The maximum absolute atomic E-state index is 14.0. The first-order valence-corrected chi connectivity index (χ1v) is 6.66. The van der Waals surface area contributed by atoms with Crippen molar-refractivity contribution >= 4 is 11.7 Å². The summed E-state index contributed by atoms with van der Waals surface area (Å²) in [6, 6.07) is 2.30. The highest BCUT2D eigenvalue weighted by Gasteiger charge is 2.40. The summed E-state index contributed by atoms with van der Waals surface area (Å²) in [6.07, 6.45) is 2.47. The van der Waals surface area contributed by atoms with Gasteiger partial charge in [0, 0.05) is 0 Å². The molecule has 0 heterocycles. The third-order valence-corrected chi connectivity index (χ3v) is 3.92. The molecular weight excluding hydrogens is 280 g/mol. The van der Waals surface area contributed by atoms with Gasteiger partial charge in [-0.3, -0.25) is 4.79 Å². The Labute approximate surface area is 120 Å². The van der Waals surface area contributed by atoms with Gasteiger partial charge in [-0.25, -0.2) is 8.78 Å². The SMILES string of the molecule is Cc1ccc(F)c(C(=O)NC2(/C(N)=N/O)CCCC2)c1F. The molecule has 1 aliphatic rings. The molecule has 0 aromatic heterocycles. The zero-order valence-electron chi connectivity index (χ0n) is 11.6. The largest absolute Gasteiger partial charge is 0.409 e. The molecule has 7 heteroatoms. The molecule has 0 saturated heterocycles. The Kier molecular flexibility index (Phi) is 4.11. The first-order chi connectivity index (χ1) is 9.91. The molecule has 1 aromatic rings. The zero-order chi connectivity index (χ0) is 15.6. The zero-order valence-corrected chi connectivity index (χ0v) is 11.6. The van der Waals surface area contributed by atoms with Gasteiger partial charge in [0.25, 0.3) is 5.91 Å². The van der Waals surface area contributed by atoms with E-state index in [1.54, 1.807) is 0 Å². The monoisotopic (exact) mass is 297 g/mol. The van der Waals surface area contributed by atoms with Crippen molar-refractivity contribution in [2.75, 3.05) is 0 Å². The molecule has 0 aliphatic heterocycles. The summed E-state index contributed by atoms with van der Waals surface area (Å²) in [4.78, 5) is 12.2. The Morgan fingerprint density at radius 3 is 2.57 bits per heavy atom. The van der Waals surface area contributed by atoms with Crippen molar-refractivity contribution in [2.45, 2.75) is 38.1 Å². The normalized spacial score (nSPS) is 17.8. The Hall–Kier alpha value is -2.18. The fourth-order valence-electron chi connectivity index (χ4n) is 2.66. The van der Waals surface area contributed by atoms with Crippen LogP contribution in [0, 0.1) is 18.6 Å². The number of benzene rings is 1. The molecule has 1 saturated carbocycles. The van der Waals surface area contributed by atoms with Gasteiger partial charge in [-0.1, -0.05) is 24.1 Å². The number of halogens is 2. The van der Waals surface area contributed by atoms with Crippen molar-refractivity contribution in [1.82, 2.24) is 5.32 Å². The van der Waals surface area contributed by atoms with Crippen molar-refractivity contribution in [3.8, 4) is 0 Å². The van der Waals surface area contributed by atoms with Crippen molar-refractivity contribution in [3.63, 3.8) is 0 Å². The van der Waals surface area contributed by atoms with Gasteiger partial charge in [-0.05, 0) is 31.4 Å². The molecule has 1 aliphatic carbocycles. The van der Waals surface area contributed by atoms with Crippen LogP contribution in [0.25, 0.3) is 0 Å². The second kappa shape index (κ2) is 5.67. The van der Waals surface area contributed by atoms with Gasteiger partial charge in [0.05, 0.1) is 0 Å². The molecular formula is C14H17F2N3O2. The van der Waals surface area contributed by atoms with Crippen LogP contribution >= 0.6 is 0 Å². The summed E-state index contributed by atoms with van der Waals surface area (Å²) < 4.78 is 27.7. The van der Waals surface area contributed by atoms with E-state index in [4.69, 9.17) is 10.9 Å². The number of oxime groups is 1. The molecule has 21 heavy (non-hydrogen) atoms. The van der Waals surface area contributed by atoms with Crippen LogP contribution < -0.4 is 11.1 Å². The van der Waals surface area contributed by atoms with E-state index < -0.39 is 28.6 Å². The first-order valence-electron chi connectivity index (χ1n) is 6.66. The molecule has 0 radical (unpaired) electrons. The molecule has 0 bridgehead atoms. The number of hydrogen-bond acceptors (Lipinski definition) is 3. The molecule has 0 atom stereocenters. The smallest absolute Gasteiger partial charge is 0.258 e. The van der Waals surface area contributed by atoms with Crippen molar-refractivity contribution < 1.29 is 18.8 Å². The highest BCUT2D eigenvalue weighted by atomic mass is 19.1. The average molecular weight is 297 g/mol. The minimum atomic E-state index is -1.05. The maximum atomic E-state index is 14.0. The number of nitrogens with one attached hydrogen (secondary N) is 1. The third-order valence-electron chi connectivity index (χ3n) is 3.92. The predicted octanol–water partition coefficient (Wildman–Crippen LogP) is 2.06. The van der Waals surface area contributed by atoms with Gasteiger partial charge in [-0.15, -0.1) is 0 Å². The van der Waals surface area contributed by atoms with E-state index in [2.05, 4.69) is 10.5 Å². The predicted molar refractivity (Wildman–Crippen MR) is 73.2 cm³/mol. The van der Waals surface area contributed by atoms with Crippen molar-refractivity contribution in [3.05, 3.63) is 34.9 Å². The van der Waals surface area contributed by atoms with E-state index in [1.807, 2.05) is 0 Å². The van der Waals surface area contributed by atoms with E-state index in [9.17, 15) is 13.6 Å². The molecule has 1 aromatic carbocycles. The third kappa shape index (κ3) is 2.68. The summed E-state index contributed by atoms with van der Waals surface area (Å²) in [6.45, 7) is 1.44. The number of amidine groups is 1. The lowest BCUT2D eigenvalue weighted by molar-refractivity contribution is 0.0914. The number of nitrogens with two attached hydrogens (primary N) is 1. The van der Waals surface area contributed by atoms with E-state index in [-0.39, 0.29) is 11.4 Å². The van der Waals surface area contributed by atoms with Crippen LogP contribution in [0.4, 0.5) is 8.78 Å². The van der Waals surface area contributed by atoms with Crippen LogP contribution in [0.3, 0.4) is 0 Å². The second-order valence-electron chi connectivity index (χ2n) is 5.28. The first kappa shape index (κ1) is 15.2. The molecule has 2 rings (SSSR count). The number of hydrogen-bond donors (Lipinski definition) is 3. The standard InChI is InChI=1S/C14H17F2N3O2/c1-8-4-5-9(15)10(11(8)16)12(20)18-14(13(17)19-21)6-2-3-7-14/h4-5,21H,2-3,6-7H2,1H3,(H2,17,19)(H,18,20). The number of nitrogens with zero attached hydrogens (tertiary/aromatic N) is 1. The molecule has 4 N–H and O–H groups in total. The van der Waals surface area contributed by atoms with Gasteiger partial charge >= 0.3 is 0 Å². The summed E-state index contributed by atoms with van der Waals surface area (Å²) in [7, 11) is 0. The maximum Gasteiger partial charge on any atom is 0.258 e. The van der Waals surface area contributed by atoms with Gasteiger partial charge in [0.1, 0.15) is 22.7 Å². The van der Waals surface area contributed by atoms with Crippen LogP contribution in [0.2, 0.25) is 0 Å². The quantitative estimate of drug-likeness (QED) is 0.345. The summed E-state index contributed by atoms with van der Waals surface area (Å²) >= 11 is 0. The van der Waals surface area contributed by atoms with Crippen LogP contribution in [-0.4, -0.2) is 22.5 Å². The molecule has 5 nitrogen and oxygen atoms in total. The lowest BCUT2D eigenvalue weighted by Crippen LogP contribution is -2.56. The fourth-order valence-corrected chi connectivity index (χ4v) is 2.66. The molecule has 0 unspecified atom stereocenters. The number of carbonyl (C=O) groups is 1. The summed E-state index contributed by atoms with van der Waals surface area (Å²) in [5, 5.41) is 14.3. The number of aryl methyl sites for hydroxylation is 1. The minimum absolute atomic E-state index is 0.151. The van der Waals surface area contributed by atoms with Gasteiger partial charge in [0.2, 0.25) is 0 Å². The second-order valence-corrected chi connectivity index (χ2v) is 5.28. The Morgan fingerprint density at radius 2 is 2.00 bits per heavy atom. The lowest BCUT2D eigenvalue weighted by atomic mass is 9.95. The number of rotatable bonds is 3. The van der Waals surface area contributed by atoms with Crippen LogP contribution in [-0.2, 0) is 0 Å². The van der Waals surface area contributed by atoms with Gasteiger partial charge < -0.3 is 16.3 Å². The fraction of sp³-hybridized carbons (Fsp3) is 0.429. The highest BCUT2D eigenvalue weighted by Crippen LogP contribution is 2.30. The Bertz CT molecular complexity index is 596. The topological polar surface area (TPSA) is 87.7 Å². The van der Waals surface area contributed by atoms with E-state index in [0.717, 1.165) is 18.9 Å². The molecule has 1 amide bonds. The van der Waals surface area contributed by atoms with Gasteiger partial charge in [-0.2, -0.15) is 0 Å². The van der Waals surface area contributed by atoms with Gasteiger partial charge in [0.15, 0.2) is 5.84 Å². The summed E-state index contributed by atoms with van der Waals surface area (Å²) in [5.74, 6) is -2.90. The Morgan fingerprint density at radius 1 is 1.38 bits per heavy atom.